The molecule has 0 radical (unpaired) electrons. The summed E-state index contributed by atoms with van der Waals surface area (Å²) in [5.74, 6) is 0.375. The molecule has 2 amide bonds. The van der Waals surface area contributed by atoms with Crippen LogP contribution in [0.5, 0.6) is 0 Å². The van der Waals surface area contributed by atoms with Crippen molar-refractivity contribution in [2.24, 2.45) is 0 Å². The van der Waals surface area contributed by atoms with Gasteiger partial charge in [-0.1, -0.05) is 60.7 Å². The lowest BCUT2D eigenvalue weighted by molar-refractivity contribution is -0.133. The van der Waals surface area contributed by atoms with Crippen LogP contribution >= 0.6 is 0 Å². The van der Waals surface area contributed by atoms with Crippen molar-refractivity contribution in [3.05, 3.63) is 71.8 Å². The van der Waals surface area contributed by atoms with Crippen LogP contribution in [0.1, 0.15) is 36.4 Å². The molecule has 0 unspecified atom stereocenters. The Balaban J connectivity index is 1.36. The van der Waals surface area contributed by atoms with Gasteiger partial charge >= 0.3 is 0 Å². The SMILES string of the molecule is CN(C(=O)CN1CCCN(CC(=O)N2CCCC2)CC1)C(c1ccccc1)c1ccccc1. The summed E-state index contributed by atoms with van der Waals surface area (Å²) in [7, 11) is 1.91. The third-order valence-corrected chi connectivity index (χ3v) is 6.87. The number of amides is 2. The molecule has 0 spiro atoms. The van der Waals surface area contributed by atoms with Crippen LogP contribution in [-0.2, 0) is 9.59 Å². The van der Waals surface area contributed by atoms with Crippen LogP contribution in [0.4, 0.5) is 0 Å². The van der Waals surface area contributed by atoms with Crippen LogP contribution in [0.2, 0.25) is 0 Å². The summed E-state index contributed by atoms with van der Waals surface area (Å²) in [6.45, 7) is 6.16. The maximum absolute atomic E-state index is 13.4. The summed E-state index contributed by atoms with van der Waals surface area (Å²) < 4.78 is 0. The first-order valence-corrected chi connectivity index (χ1v) is 12.2. The number of rotatable bonds is 7. The van der Waals surface area contributed by atoms with E-state index in [0.717, 1.165) is 69.7 Å². The van der Waals surface area contributed by atoms with Gasteiger partial charge < -0.3 is 9.80 Å². The average molecular weight is 449 g/mol. The summed E-state index contributed by atoms with van der Waals surface area (Å²) in [6.07, 6.45) is 3.23. The first kappa shape index (κ1) is 23.5. The Labute approximate surface area is 197 Å². The number of likely N-dealkylation sites (N-methyl/N-ethyl adjacent to an activating group) is 1. The highest BCUT2D eigenvalue weighted by Crippen LogP contribution is 2.27. The van der Waals surface area contributed by atoms with E-state index in [1.165, 1.54) is 0 Å². The van der Waals surface area contributed by atoms with E-state index in [9.17, 15) is 9.59 Å². The summed E-state index contributed by atoms with van der Waals surface area (Å²) in [5, 5.41) is 0. The van der Waals surface area contributed by atoms with Gasteiger partial charge in [0.15, 0.2) is 0 Å². The van der Waals surface area contributed by atoms with Gasteiger partial charge in [0.05, 0.1) is 19.1 Å². The fourth-order valence-corrected chi connectivity index (χ4v) is 4.96. The Morgan fingerprint density at radius 3 is 1.79 bits per heavy atom. The molecule has 6 nitrogen and oxygen atoms in total. The van der Waals surface area contributed by atoms with Crippen molar-refractivity contribution < 1.29 is 9.59 Å². The molecule has 0 bridgehead atoms. The molecule has 0 saturated carbocycles. The zero-order valence-corrected chi connectivity index (χ0v) is 19.7. The van der Waals surface area contributed by atoms with Crippen LogP contribution in [0, 0.1) is 0 Å². The summed E-state index contributed by atoms with van der Waals surface area (Å²) >= 11 is 0. The van der Waals surface area contributed by atoms with E-state index < -0.39 is 0 Å². The largest absolute Gasteiger partial charge is 0.342 e. The van der Waals surface area contributed by atoms with E-state index >= 15 is 0 Å². The van der Waals surface area contributed by atoms with Gasteiger partial charge in [-0.05, 0) is 43.5 Å². The van der Waals surface area contributed by atoms with Gasteiger partial charge in [-0.2, -0.15) is 0 Å². The van der Waals surface area contributed by atoms with Gasteiger partial charge in [0.25, 0.3) is 0 Å². The lowest BCUT2D eigenvalue weighted by Crippen LogP contribution is -2.43. The molecule has 0 atom stereocenters. The van der Waals surface area contributed by atoms with E-state index in [4.69, 9.17) is 0 Å². The van der Waals surface area contributed by atoms with Crippen molar-refractivity contribution in [1.82, 2.24) is 19.6 Å². The maximum atomic E-state index is 13.4. The predicted molar refractivity (Wildman–Crippen MR) is 131 cm³/mol. The summed E-state index contributed by atoms with van der Waals surface area (Å²) in [4.78, 5) is 34.3. The van der Waals surface area contributed by atoms with Gasteiger partial charge in [-0.3, -0.25) is 19.4 Å². The minimum absolute atomic E-state index is 0.110. The molecule has 2 saturated heterocycles. The molecule has 6 heteroatoms. The van der Waals surface area contributed by atoms with Gasteiger partial charge in [-0.25, -0.2) is 0 Å². The number of likely N-dealkylation sites (tertiary alicyclic amines) is 1. The lowest BCUT2D eigenvalue weighted by atomic mass is 9.97. The van der Waals surface area contributed by atoms with Crippen molar-refractivity contribution in [2.75, 3.05) is 59.4 Å². The Hall–Kier alpha value is -2.70. The van der Waals surface area contributed by atoms with Crippen LogP contribution in [0.15, 0.2) is 60.7 Å². The third-order valence-electron chi connectivity index (χ3n) is 6.87. The highest BCUT2D eigenvalue weighted by molar-refractivity contribution is 5.79. The monoisotopic (exact) mass is 448 g/mol. The Morgan fingerprint density at radius 2 is 1.24 bits per heavy atom. The Morgan fingerprint density at radius 1 is 0.727 bits per heavy atom. The van der Waals surface area contributed by atoms with Crippen molar-refractivity contribution in [3.8, 4) is 0 Å². The third kappa shape index (κ3) is 6.21. The molecule has 0 N–H and O–H groups in total. The second kappa shape index (κ2) is 11.4. The molecule has 2 aromatic rings. The normalized spacial score (nSPS) is 17.8. The fourth-order valence-electron chi connectivity index (χ4n) is 4.96. The molecule has 176 valence electrons. The van der Waals surface area contributed by atoms with E-state index in [0.29, 0.717) is 13.1 Å². The molecule has 2 aliphatic heterocycles. The summed E-state index contributed by atoms with van der Waals surface area (Å²) in [5.41, 5.74) is 2.23. The minimum Gasteiger partial charge on any atom is -0.342 e. The molecule has 0 aromatic heterocycles. The molecule has 2 heterocycles. The average Bonchev–Trinajstić information content (AvgIpc) is 3.30. The molecular weight excluding hydrogens is 412 g/mol. The zero-order valence-electron chi connectivity index (χ0n) is 19.7. The van der Waals surface area contributed by atoms with Crippen molar-refractivity contribution in [1.29, 1.82) is 0 Å². The topological polar surface area (TPSA) is 47.1 Å². The number of hydrogen-bond donors (Lipinski definition) is 0. The van der Waals surface area contributed by atoms with Crippen molar-refractivity contribution in [3.63, 3.8) is 0 Å². The minimum atomic E-state index is -0.110. The number of carbonyl (C=O) groups is 2. The quantitative estimate of drug-likeness (QED) is 0.654. The van der Waals surface area contributed by atoms with Crippen LogP contribution in [0.3, 0.4) is 0 Å². The van der Waals surface area contributed by atoms with E-state index in [-0.39, 0.29) is 17.9 Å². The van der Waals surface area contributed by atoms with Crippen LogP contribution in [-0.4, -0.2) is 90.8 Å². The van der Waals surface area contributed by atoms with E-state index in [1.807, 2.05) is 53.2 Å². The number of benzene rings is 2. The lowest BCUT2D eigenvalue weighted by Gasteiger charge is -2.31. The molecular formula is C27H36N4O2. The standard InChI is InChI=1S/C27H36N4O2/c1-28(27(23-11-4-2-5-12-23)24-13-6-3-7-14-24)25(32)21-29-15-10-16-30(20-19-29)22-26(33)31-17-8-9-18-31/h2-7,11-14,27H,8-10,15-22H2,1H3. The Kier molecular flexibility index (Phi) is 8.13. The molecule has 0 aliphatic carbocycles. The molecule has 2 aromatic carbocycles. The Bertz CT molecular complexity index is 859. The second-order valence-corrected chi connectivity index (χ2v) is 9.22. The molecule has 4 rings (SSSR count). The summed E-state index contributed by atoms with van der Waals surface area (Å²) in [6, 6.07) is 20.3. The van der Waals surface area contributed by atoms with E-state index in [2.05, 4.69) is 34.1 Å². The van der Waals surface area contributed by atoms with Crippen LogP contribution < -0.4 is 0 Å². The van der Waals surface area contributed by atoms with Gasteiger partial charge in [0.2, 0.25) is 11.8 Å². The maximum Gasteiger partial charge on any atom is 0.237 e. The van der Waals surface area contributed by atoms with Crippen molar-refractivity contribution in [2.45, 2.75) is 25.3 Å². The number of nitrogens with zero attached hydrogens (tertiary/aromatic N) is 4. The molecule has 2 aliphatic rings. The highest BCUT2D eigenvalue weighted by atomic mass is 16.2. The first-order valence-electron chi connectivity index (χ1n) is 12.2. The zero-order chi connectivity index (χ0) is 23.0. The predicted octanol–water partition coefficient (Wildman–Crippen LogP) is 2.86. The molecule has 33 heavy (non-hydrogen) atoms. The van der Waals surface area contributed by atoms with E-state index in [1.54, 1.807) is 0 Å². The van der Waals surface area contributed by atoms with Crippen molar-refractivity contribution >= 4 is 11.8 Å². The second-order valence-electron chi connectivity index (χ2n) is 9.22. The van der Waals surface area contributed by atoms with Crippen LogP contribution in [0.25, 0.3) is 0 Å². The highest BCUT2D eigenvalue weighted by Gasteiger charge is 2.26. The first-order chi connectivity index (χ1) is 16.1. The molecule has 2 fully saturated rings. The van der Waals surface area contributed by atoms with Gasteiger partial charge in [0, 0.05) is 33.2 Å². The van der Waals surface area contributed by atoms with Gasteiger partial charge in [0.1, 0.15) is 0 Å². The van der Waals surface area contributed by atoms with Gasteiger partial charge in [-0.15, -0.1) is 0 Å². The smallest absolute Gasteiger partial charge is 0.237 e. The number of hydrogen-bond acceptors (Lipinski definition) is 4. The fraction of sp³-hybridized carbons (Fsp3) is 0.481. The number of carbonyl (C=O) groups excluding carboxylic acids is 2.